The highest BCUT2D eigenvalue weighted by Crippen LogP contribution is 2.35. The summed E-state index contributed by atoms with van der Waals surface area (Å²) < 4.78 is 17.8. The number of aromatic nitrogens is 4. The van der Waals surface area contributed by atoms with Gasteiger partial charge in [0.15, 0.2) is 17.3 Å². The second-order valence-corrected chi connectivity index (χ2v) is 6.85. The molecule has 0 fully saturated rings. The molecule has 0 saturated heterocycles. The molecule has 0 spiro atoms. The van der Waals surface area contributed by atoms with E-state index in [2.05, 4.69) is 15.3 Å². The fourth-order valence-corrected chi connectivity index (χ4v) is 3.73. The third-order valence-electron chi connectivity index (χ3n) is 4.18. The number of rotatable bonds is 4. The molecule has 3 heterocycles. The van der Waals surface area contributed by atoms with E-state index in [0.29, 0.717) is 11.6 Å². The number of ether oxygens (including phenoxy) is 3. The quantitative estimate of drug-likeness (QED) is 0.552. The van der Waals surface area contributed by atoms with Crippen molar-refractivity contribution >= 4 is 16.3 Å². The van der Waals surface area contributed by atoms with Crippen LogP contribution in [-0.4, -0.2) is 33.7 Å². The minimum atomic E-state index is 0.247. The van der Waals surface area contributed by atoms with Gasteiger partial charge in [-0.05, 0) is 35.9 Å². The van der Waals surface area contributed by atoms with E-state index in [0.717, 1.165) is 33.5 Å². The average Bonchev–Trinajstić information content (AvgIpc) is 3.37. The predicted octanol–water partition coefficient (Wildman–Crippen LogP) is 3.18. The molecule has 2 aromatic heterocycles. The number of methoxy groups -OCH3 is 1. The van der Waals surface area contributed by atoms with Gasteiger partial charge in [0.1, 0.15) is 10.8 Å². The fraction of sp³-hybridized carbons (Fsp3) is 0.167. The van der Waals surface area contributed by atoms with Gasteiger partial charge in [-0.2, -0.15) is 9.61 Å². The van der Waals surface area contributed by atoms with E-state index in [4.69, 9.17) is 14.2 Å². The number of benzene rings is 2. The molecule has 130 valence electrons. The SMILES string of the molecule is COc1ccc(Cc2nn3c(-c4ccc5c(c4)OCO5)nnc3s2)cc1. The first-order valence-electron chi connectivity index (χ1n) is 8.04. The van der Waals surface area contributed by atoms with Crippen LogP contribution in [-0.2, 0) is 6.42 Å². The van der Waals surface area contributed by atoms with Gasteiger partial charge in [-0.25, -0.2) is 0 Å². The topological polar surface area (TPSA) is 70.8 Å². The van der Waals surface area contributed by atoms with E-state index < -0.39 is 0 Å². The zero-order chi connectivity index (χ0) is 17.5. The third-order valence-corrected chi connectivity index (χ3v) is 5.08. The molecule has 7 nitrogen and oxygen atoms in total. The maximum Gasteiger partial charge on any atom is 0.234 e. The van der Waals surface area contributed by atoms with Crippen molar-refractivity contribution in [3.63, 3.8) is 0 Å². The third kappa shape index (κ3) is 2.55. The van der Waals surface area contributed by atoms with Gasteiger partial charge in [-0.1, -0.05) is 23.5 Å². The summed E-state index contributed by atoms with van der Waals surface area (Å²) in [6.07, 6.45) is 0.735. The van der Waals surface area contributed by atoms with Crippen LogP contribution in [0.2, 0.25) is 0 Å². The van der Waals surface area contributed by atoms with Crippen LogP contribution in [0.25, 0.3) is 16.3 Å². The molecule has 8 heteroatoms. The van der Waals surface area contributed by atoms with Gasteiger partial charge in [0.2, 0.25) is 11.8 Å². The molecule has 0 atom stereocenters. The van der Waals surface area contributed by atoms with E-state index in [1.54, 1.807) is 11.6 Å². The molecule has 5 rings (SSSR count). The first-order chi connectivity index (χ1) is 12.8. The van der Waals surface area contributed by atoms with Crippen LogP contribution < -0.4 is 14.2 Å². The first-order valence-corrected chi connectivity index (χ1v) is 8.86. The monoisotopic (exact) mass is 366 g/mol. The molecule has 4 aromatic rings. The zero-order valence-electron chi connectivity index (χ0n) is 13.9. The zero-order valence-corrected chi connectivity index (χ0v) is 14.7. The highest BCUT2D eigenvalue weighted by molar-refractivity contribution is 7.16. The Kier molecular flexibility index (Phi) is 3.49. The smallest absolute Gasteiger partial charge is 0.234 e. The molecule has 0 saturated carbocycles. The van der Waals surface area contributed by atoms with Crippen molar-refractivity contribution in [2.45, 2.75) is 6.42 Å². The molecule has 2 aromatic carbocycles. The molecule has 0 bridgehead atoms. The average molecular weight is 366 g/mol. The molecule has 0 aliphatic carbocycles. The standard InChI is InChI=1S/C18H14N4O3S/c1-23-13-5-2-11(3-6-13)8-16-21-22-17(19-20-18(22)26-16)12-4-7-14-15(9-12)25-10-24-14/h2-7,9H,8,10H2,1H3. The predicted molar refractivity (Wildman–Crippen MR) is 96.0 cm³/mol. The Bertz CT molecular complexity index is 1090. The highest BCUT2D eigenvalue weighted by atomic mass is 32.1. The summed E-state index contributed by atoms with van der Waals surface area (Å²) in [5, 5.41) is 14.2. The lowest BCUT2D eigenvalue weighted by atomic mass is 10.1. The maximum atomic E-state index is 5.44. The summed E-state index contributed by atoms with van der Waals surface area (Å²) in [7, 11) is 1.66. The molecular formula is C18H14N4O3S. The lowest BCUT2D eigenvalue weighted by Gasteiger charge is -2.01. The van der Waals surface area contributed by atoms with Crippen LogP contribution in [0, 0.1) is 0 Å². The largest absolute Gasteiger partial charge is 0.497 e. The Labute approximate surface area is 152 Å². The van der Waals surface area contributed by atoms with Gasteiger partial charge in [-0.3, -0.25) is 0 Å². The van der Waals surface area contributed by atoms with E-state index in [-0.39, 0.29) is 6.79 Å². The molecule has 0 unspecified atom stereocenters. The van der Waals surface area contributed by atoms with Crippen molar-refractivity contribution in [2.24, 2.45) is 0 Å². The minimum absolute atomic E-state index is 0.247. The van der Waals surface area contributed by atoms with Gasteiger partial charge in [0.25, 0.3) is 0 Å². The summed E-state index contributed by atoms with van der Waals surface area (Å²) in [4.78, 5) is 0.765. The summed E-state index contributed by atoms with van der Waals surface area (Å²) in [5.41, 5.74) is 2.06. The molecule has 0 amide bonds. The van der Waals surface area contributed by atoms with Crippen molar-refractivity contribution < 1.29 is 14.2 Å². The van der Waals surface area contributed by atoms with Gasteiger partial charge in [-0.15, -0.1) is 10.2 Å². The molecule has 26 heavy (non-hydrogen) atoms. The molecule has 0 N–H and O–H groups in total. The summed E-state index contributed by atoms with van der Waals surface area (Å²) in [6.45, 7) is 0.247. The molecule has 1 aliphatic rings. The highest BCUT2D eigenvalue weighted by Gasteiger charge is 2.18. The number of hydrogen-bond donors (Lipinski definition) is 0. The summed E-state index contributed by atoms with van der Waals surface area (Å²) in [6, 6.07) is 13.7. The Morgan fingerprint density at radius 1 is 1.08 bits per heavy atom. The summed E-state index contributed by atoms with van der Waals surface area (Å²) >= 11 is 1.53. The van der Waals surface area contributed by atoms with Crippen molar-refractivity contribution in [3.05, 3.63) is 53.0 Å². The van der Waals surface area contributed by atoms with Gasteiger partial charge >= 0.3 is 0 Å². The lowest BCUT2D eigenvalue weighted by Crippen LogP contribution is -1.94. The van der Waals surface area contributed by atoms with E-state index in [1.807, 2.05) is 42.5 Å². The van der Waals surface area contributed by atoms with Crippen LogP contribution in [0.1, 0.15) is 10.6 Å². The van der Waals surface area contributed by atoms with Crippen LogP contribution >= 0.6 is 11.3 Å². The van der Waals surface area contributed by atoms with Crippen LogP contribution in [0.15, 0.2) is 42.5 Å². The van der Waals surface area contributed by atoms with Crippen molar-refractivity contribution in [1.82, 2.24) is 19.8 Å². The second-order valence-electron chi connectivity index (χ2n) is 5.81. The Morgan fingerprint density at radius 3 is 2.77 bits per heavy atom. The normalized spacial score (nSPS) is 12.7. The van der Waals surface area contributed by atoms with Crippen LogP contribution in [0.3, 0.4) is 0 Å². The van der Waals surface area contributed by atoms with Gasteiger partial charge in [0, 0.05) is 12.0 Å². The van der Waals surface area contributed by atoms with Crippen LogP contribution in [0.5, 0.6) is 17.2 Å². The van der Waals surface area contributed by atoms with Gasteiger partial charge < -0.3 is 14.2 Å². The van der Waals surface area contributed by atoms with Crippen molar-refractivity contribution in [1.29, 1.82) is 0 Å². The Morgan fingerprint density at radius 2 is 1.92 bits per heavy atom. The second kappa shape index (κ2) is 5.99. The number of hydrogen-bond acceptors (Lipinski definition) is 7. The maximum absolute atomic E-state index is 5.44. The number of fused-ring (bicyclic) bond motifs is 2. The van der Waals surface area contributed by atoms with E-state index in [9.17, 15) is 0 Å². The Hall–Kier alpha value is -3.13. The summed E-state index contributed by atoms with van der Waals surface area (Å²) in [5.74, 6) is 2.99. The van der Waals surface area contributed by atoms with E-state index in [1.165, 1.54) is 16.9 Å². The minimum Gasteiger partial charge on any atom is -0.497 e. The first kappa shape index (κ1) is 15.2. The molecule has 1 aliphatic heterocycles. The lowest BCUT2D eigenvalue weighted by molar-refractivity contribution is 0.174. The number of nitrogens with zero attached hydrogens (tertiary/aromatic N) is 4. The van der Waals surface area contributed by atoms with Crippen LogP contribution in [0.4, 0.5) is 0 Å². The fourth-order valence-electron chi connectivity index (χ4n) is 2.86. The molecular weight excluding hydrogens is 352 g/mol. The van der Waals surface area contributed by atoms with Crippen molar-refractivity contribution in [3.8, 4) is 28.6 Å². The van der Waals surface area contributed by atoms with E-state index >= 15 is 0 Å². The molecule has 0 radical (unpaired) electrons. The Balaban J connectivity index is 1.47. The van der Waals surface area contributed by atoms with Crippen molar-refractivity contribution in [2.75, 3.05) is 13.9 Å². The van der Waals surface area contributed by atoms with Gasteiger partial charge in [0.05, 0.1) is 7.11 Å².